The molecule has 5 nitrogen and oxygen atoms in total. The molecule has 0 aliphatic carbocycles. The first-order valence-electron chi connectivity index (χ1n) is 8.38. The lowest BCUT2D eigenvalue weighted by molar-refractivity contribution is -0.116. The Morgan fingerprint density at radius 2 is 1.88 bits per heavy atom. The normalized spacial score (nSPS) is 16.5. The molecule has 0 aromatic heterocycles. The number of ether oxygens (including phenoxy) is 1. The number of nitrogens with one attached hydrogen (secondary N) is 1. The molecule has 1 saturated heterocycles. The first kappa shape index (κ1) is 17.2. The van der Waals surface area contributed by atoms with E-state index in [-0.39, 0.29) is 17.9 Å². The third kappa shape index (κ3) is 4.06. The molecule has 3 rings (SSSR count). The predicted octanol–water partition coefficient (Wildman–Crippen LogP) is 2.86. The summed E-state index contributed by atoms with van der Waals surface area (Å²) >= 11 is 0. The summed E-state index contributed by atoms with van der Waals surface area (Å²) in [5.41, 5.74) is 3.44. The van der Waals surface area contributed by atoms with Gasteiger partial charge in [0.2, 0.25) is 5.91 Å². The van der Waals surface area contributed by atoms with Crippen molar-refractivity contribution >= 4 is 17.5 Å². The van der Waals surface area contributed by atoms with Crippen molar-refractivity contribution in [1.29, 1.82) is 0 Å². The lowest BCUT2D eigenvalue weighted by Crippen LogP contribution is -2.34. The van der Waals surface area contributed by atoms with Gasteiger partial charge in [0.15, 0.2) is 0 Å². The number of rotatable bonds is 4. The molecular formula is C20H22N2O3. The molecule has 5 heteroatoms. The molecule has 1 fully saturated rings. The van der Waals surface area contributed by atoms with Gasteiger partial charge in [-0.3, -0.25) is 9.59 Å². The molecule has 1 aliphatic heterocycles. The van der Waals surface area contributed by atoms with E-state index in [1.807, 2.05) is 48.5 Å². The maximum atomic E-state index is 12.4. The summed E-state index contributed by atoms with van der Waals surface area (Å²) < 4.78 is 5.29. The number of anilines is 1. The first-order chi connectivity index (χ1) is 12.0. The van der Waals surface area contributed by atoms with Crippen molar-refractivity contribution in [3.8, 4) is 11.1 Å². The third-order valence-electron chi connectivity index (χ3n) is 4.45. The molecule has 0 radical (unpaired) electrons. The van der Waals surface area contributed by atoms with E-state index in [9.17, 15) is 9.59 Å². The van der Waals surface area contributed by atoms with Gasteiger partial charge in [-0.05, 0) is 41.8 Å². The molecule has 0 bridgehead atoms. The van der Waals surface area contributed by atoms with E-state index in [1.165, 1.54) is 6.92 Å². The minimum atomic E-state index is -0.0784. The van der Waals surface area contributed by atoms with Crippen LogP contribution in [0.5, 0.6) is 0 Å². The Morgan fingerprint density at radius 1 is 1.12 bits per heavy atom. The van der Waals surface area contributed by atoms with Gasteiger partial charge in [0.1, 0.15) is 0 Å². The van der Waals surface area contributed by atoms with E-state index in [0.29, 0.717) is 18.8 Å². The van der Waals surface area contributed by atoms with Crippen molar-refractivity contribution in [3.63, 3.8) is 0 Å². The van der Waals surface area contributed by atoms with Gasteiger partial charge in [0.25, 0.3) is 5.91 Å². The molecule has 2 aromatic rings. The van der Waals surface area contributed by atoms with E-state index in [2.05, 4.69) is 5.32 Å². The molecule has 25 heavy (non-hydrogen) atoms. The molecule has 0 saturated carbocycles. The van der Waals surface area contributed by atoms with Crippen LogP contribution in [-0.2, 0) is 9.53 Å². The van der Waals surface area contributed by atoms with Crippen LogP contribution in [0.15, 0.2) is 48.5 Å². The number of carbonyl (C=O) groups excluding carboxylic acids is 2. The lowest BCUT2D eigenvalue weighted by atomic mass is 10.0. The molecule has 0 spiro atoms. The Morgan fingerprint density at radius 3 is 2.52 bits per heavy atom. The van der Waals surface area contributed by atoms with Crippen molar-refractivity contribution in [2.24, 2.45) is 0 Å². The van der Waals surface area contributed by atoms with Crippen LogP contribution in [-0.4, -0.2) is 38.1 Å². The second-order valence-corrected chi connectivity index (χ2v) is 6.24. The zero-order chi connectivity index (χ0) is 17.8. The molecule has 130 valence electrons. The van der Waals surface area contributed by atoms with Gasteiger partial charge in [0, 0.05) is 31.8 Å². The van der Waals surface area contributed by atoms with E-state index in [0.717, 1.165) is 23.2 Å². The second-order valence-electron chi connectivity index (χ2n) is 6.24. The standard InChI is InChI=1S/C20H22N2O3/c1-14(23)22(2)19-8-6-15(7-9-19)16-4-3-5-17(12-16)20(24)21-18-10-11-25-13-18/h3-9,12,18H,10-11,13H2,1-2H3,(H,21,24)/t18-/m1/s1. The monoisotopic (exact) mass is 338 g/mol. The third-order valence-corrected chi connectivity index (χ3v) is 4.45. The van der Waals surface area contributed by atoms with Crippen LogP contribution in [0.4, 0.5) is 5.69 Å². The average Bonchev–Trinajstić information content (AvgIpc) is 3.14. The van der Waals surface area contributed by atoms with Crippen LogP contribution < -0.4 is 10.2 Å². The molecule has 0 unspecified atom stereocenters. The van der Waals surface area contributed by atoms with Crippen LogP contribution >= 0.6 is 0 Å². The highest BCUT2D eigenvalue weighted by Gasteiger charge is 2.18. The van der Waals surface area contributed by atoms with Gasteiger partial charge in [0.05, 0.1) is 12.6 Å². The fourth-order valence-electron chi connectivity index (χ4n) is 2.82. The highest BCUT2D eigenvalue weighted by Crippen LogP contribution is 2.24. The van der Waals surface area contributed by atoms with E-state index < -0.39 is 0 Å². The molecule has 2 amide bonds. The summed E-state index contributed by atoms with van der Waals surface area (Å²) in [5.74, 6) is -0.0902. The van der Waals surface area contributed by atoms with E-state index >= 15 is 0 Å². The Bertz CT molecular complexity index is 765. The topological polar surface area (TPSA) is 58.6 Å². The highest BCUT2D eigenvalue weighted by molar-refractivity contribution is 5.96. The van der Waals surface area contributed by atoms with Crippen molar-refractivity contribution in [2.45, 2.75) is 19.4 Å². The predicted molar refractivity (Wildman–Crippen MR) is 97.7 cm³/mol. The van der Waals surface area contributed by atoms with E-state index in [1.54, 1.807) is 11.9 Å². The molecule has 1 atom stereocenters. The summed E-state index contributed by atoms with van der Waals surface area (Å²) in [5, 5.41) is 3.00. The number of benzene rings is 2. The molecule has 1 heterocycles. The maximum absolute atomic E-state index is 12.4. The summed E-state index contributed by atoms with van der Waals surface area (Å²) in [6.45, 7) is 2.81. The van der Waals surface area contributed by atoms with Crippen LogP contribution in [0.1, 0.15) is 23.7 Å². The SMILES string of the molecule is CC(=O)N(C)c1ccc(-c2cccc(C(=O)N[C@@H]3CCOC3)c2)cc1. The minimum Gasteiger partial charge on any atom is -0.379 e. The van der Waals surface area contributed by atoms with Crippen molar-refractivity contribution in [2.75, 3.05) is 25.2 Å². The van der Waals surface area contributed by atoms with Crippen molar-refractivity contribution < 1.29 is 14.3 Å². The Balaban J connectivity index is 1.76. The number of amides is 2. The van der Waals surface area contributed by atoms with E-state index in [4.69, 9.17) is 4.74 Å². The van der Waals surface area contributed by atoms with Gasteiger partial charge in [-0.25, -0.2) is 0 Å². The number of hydrogen-bond donors (Lipinski definition) is 1. The van der Waals surface area contributed by atoms with Gasteiger partial charge >= 0.3 is 0 Å². The van der Waals surface area contributed by atoms with Gasteiger partial charge in [-0.15, -0.1) is 0 Å². The molecular weight excluding hydrogens is 316 g/mol. The zero-order valence-electron chi connectivity index (χ0n) is 14.5. The largest absolute Gasteiger partial charge is 0.379 e. The Kier molecular flexibility index (Phi) is 5.14. The summed E-state index contributed by atoms with van der Waals surface area (Å²) in [4.78, 5) is 25.4. The fraction of sp³-hybridized carbons (Fsp3) is 0.300. The van der Waals surface area contributed by atoms with Gasteiger partial charge in [-0.1, -0.05) is 24.3 Å². The minimum absolute atomic E-state index is 0.0117. The summed E-state index contributed by atoms with van der Waals surface area (Å²) in [6.07, 6.45) is 0.858. The average molecular weight is 338 g/mol. The van der Waals surface area contributed by atoms with Crippen molar-refractivity contribution in [1.82, 2.24) is 5.32 Å². The second kappa shape index (κ2) is 7.49. The number of nitrogens with zero attached hydrogens (tertiary/aromatic N) is 1. The van der Waals surface area contributed by atoms with Crippen LogP contribution in [0.25, 0.3) is 11.1 Å². The number of carbonyl (C=O) groups is 2. The van der Waals surface area contributed by atoms with Gasteiger partial charge < -0.3 is 15.0 Å². The Labute approximate surface area is 147 Å². The summed E-state index contributed by atoms with van der Waals surface area (Å²) in [6, 6.07) is 15.4. The quantitative estimate of drug-likeness (QED) is 0.932. The van der Waals surface area contributed by atoms with Crippen LogP contribution in [0, 0.1) is 0 Å². The maximum Gasteiger partial charge on any atom is 0.251 e. The zero-order valence-corrected chi connectivity index (χ0v) is 14.5. The summed E-state index contributed by atoms with van der Waals surface area (Å²) in [7, 11) is 1.75. The van der Waals surface area contributed by atoms with Crippen LogP contribution in [0.3, 0.4) is 0 Å². The van der Waals surface area contributed by atoms with Crippen LogP contribution in [0.2, 0.25) is 0 Å². The number of hydrogen-bond acceptors (Lipinski definition) is 3. The smallest absolute Gasteiger partial charge is 0.251 e. The molecule has 2 aromatic carbocycles. The Hall–Kier alpha value is -2.66. The molecule has 1 aliphatic rings. The first-order valence-corrected chi connectivity index (χ1v) is 8.38. The lowest BCUT2D eigenvalue weighted by Gasteiger charge is -2.15. The molecule has 1 N–H and O–H groups in total. The van der Waals surface area contributed by atoms with Gasteiger partial charge in [-0.2, -0.15) is 0 Å². The van der Waals surface area contributed by atoms with Crippen molar-refractivity contribution in [3.05, 3.63) is 54.1 Å². The highest BCUT2D eigenvalue weighted by atomic mass is 16.5. The fourth-order valence-corrected chi connectivity index (χ4v) is 2.82.